The minimum absolute atomic E-state index is 0.136. The Kier molecular flexibility index (Phi) is 5.13. The SMILES string of the molecule is Cc1cc(NCCCO)nc(Nc2ccccc2)c1C#N. The molecular formula is C16H18N4O. The summed E-state index contributed by atoms with van der Waals surface area (Å²) in [4.78, 5) is 4.45. The zero-order valence-electron chi connectivity index (χ0n) is 11.9. The Bertz CT molecular complexity index is 635. The highest BCUT2D eigenvalue weighted by molar-refractivity contribution is 5.67. The Balaban J connectivity index is 2.27. The van der Waals surface area contributed by atoms with E-state index >= 15 is 0 Å². The number of aliphatic hydroxyl groups excluding tert-OH is 1. The van der Waals surface area contributed by atoms with E-state index < -0.39 is 0 Å². The minimum atomic E-state index is 0.136. The second-order valence-electron chi connectivity index (χ2n) is 4.65. The highest BCUT2D eigenvalue weighted by atomic mass is 16.3. The number of pyridine rings is 1. The van der Waals surface area contributed by atoms with Crippen LogP contribution in [-0.4, -0.2) is 23.2 Å². The Morgan fingerprint density at radius 2 is 2.05 bits per heavy atom. The van der Waals surface area contributed by atoms with Crippen LogP contribution in [0.25, 0.3) is 0 Å². The lowest BCUT2D eigenvalue weighted by Crippen LogP contribution is -2.08. The molecule has 2 rings (SSSR count). The topological polar surface area (TPSA) is 81.0 Å². The van der Waals surface area contributed by atoms with E-state index in [4.69, 9.17) is 5.11 Å². The molecule has 0 spiro atoms. The van der Waals surface area contributed by atoms with Crippen LogP contribution in [0.4, 0.5) is 17.3 Å². The molecule has 0 aliphatic heterocycles. The van der Waals surface area contributed by atoms with Crippen molar-refractivity contribution in [3.63, 3.8) is 0 Å². The van der Waals surface area contributed by atoms with E-state index in [2.05, 4.69) is 21.7 Å². The monoisotopic (exact) mass is 282 g/mol. The van der Waals surface area contributed by atoms with Gasteiger partial charge in [-0.25, -0.2) is 4.98 Å². The number of para-hydroxylation sites is 1. The lowest BCUT2D eigenvalue weighted by atomic mass is 10.1. The number of hydrogen-bond acceptors (Lipinski definition) is 5. The summed E-state index contributed by atoms with van der Waals surface area (Å²) in [6.07, 6.45) is 0.655. The van der Waals surface area contributed by atoms with Crippen molar-refractivity contribution < 1.29 is 5.11 Å². The Labute approximate surface area is 124 Å². The van der Waals surface area contributed by atoms with Gasteiger partial charge in [0.1, 0.15) is 11.9 Å². The van der Waals surface area contributed by atoms with Crippen LogP contribution in [0.5, 0.6) is 0 Å². The predicted molar refractivity (Wildman–Crippen MR) is 83.6 cm³/mol. The van der Waals surface area contributed by atoms with Crippen molar-refractivity contribution in [2.45, 2.75) is 13.3 Å². The molecule has 2 aromatic rings. The zero-order valence-corrected chi connectivity index (χ0v) is 11.9. The van der Waals surface area contributed by atoms with Crippen molar-refractivity contribution in [1.29, 1.82) is 5.26 Å². The quantitative estimate of drug-likeness (QED) is 0.710. The fraction of sp³-hybridized carbons (Fsp3) is 0.250. The second-order valence-corrected chi connectivity index (χ2v) is 4.65. The summed E-state index contributed by atoms with van der Waals surface area (Å²) in [5.41, 5.74) is 2.28. The first kappa shape index (κ1) is 14.8. The van der Waals surface area contributed by atoms with Gasteiger partial charge in [-0.3, -0.25) is 0 Å². The predicted octanol–water partition coefficient (Wildman–Crippen LogP) is 2.80. The maximum Gasteiger partial charge on any atom is 0.151 e. The molecule has 0 bridgehead atoms. The van der Waals surface area contributed by atoms with E-state index in [-0.39, 0.29) is 6.61 Å². The van der Waals surface area contributed by atoms with Gasteiger partial charge in [-0.1, -0.05) is 18.2 Å². The first-order valence-electron chi connectivity index (χ1n) is 6.83. The molecule has 0 aliphatic rings. The number of nitriles is 1. The van der Waals surface area contributed by atoms with E-state index in [0.29, 0.717) is 30.2 Å². The van der Waals surface area contributed by atoms with Gasteiger partial charge in [0.25, 0.3) is 0 Å². The number of anilines is 3. The first-order valence-corrected chi connectivity index (χ1v) is 6.83. The number of rotatable bonds is 6. The van der Waals surface area contributed by atoms with Crippen molar-refractivity contribution in [3.8, 4) is 6.07 Å². The molecule has 0 unspecified atom stereocenters. The Hall–Kier alpha value is -2.58. The molecule has 5 nitrogen and oxygen atoms in total. The van der Waals surface area contributed by atoms with Gasteiger partial charge < -0.3 is 15.7 Å². The number of benzene rings is 1. The summed E-state index contributed by atoms with van der Waals surface area (Å²) >= 11 is 0. The summed E-state index contributed by atoms with van der Waals surface area (Å²) in [5, 5.41) is 24.4. The molecule has 0 aliphatic carbocycles. The minimum Gasteiger partial charge on any atom is -0.396 e. The summed E-state index contributed by atoms with van der Waals surface area (Å²) in [5.74, 6) is 1.23. The third-order valence-corrected chi connectivity index (χ3v) is 3.01. The van der Waals surface area contributed by atoms with E-state index in [1.165, 1.54) is 0 Å². The summed E-state index contributed by atoms with van der Waals surface area (Å²) in [6.45, 7) is 2.66. The van der Waals surface area contributed by atoms with Gasteiger partial charge in [0.15, 0.2) is 5.82 Å². The molecule has 0 fully saturated rings. The molecule has 0 atom stereocenters. The standard InChI is InChI=1S/C16H18N4O/c1-12-10-15(18-8-5-9-21)20-16(14(12)11-17)19-13-6-3-2-4-7-13/h2-4,6-7,10,21H,5,8-9H2,1H3,(H2,18,19,20). The van der Waals surface area contributed by atoms with E-state index in [1.807, 2.05) is 43.3 Å². The van der Waals surface area contributed by atoms with E-state index in [9.17, 15) is 5.26 Å². The molecule has 0 radical (unpaired) electrons. The summed E-state index contributed by atoms with van der Waals surface area (Å²) in [6, 6.07) is 13.6. The van der Waals surface area contributed by atoms with E-state index in [1.54, 1.807) is 0 Å². The number of aryl methyl sites for hydroxylation is 1. The average Bonchev–Trinajstić information content (AvgIpc) is 2.48. The van der Waals surface area contributed by atoms with Crippen LogP contribution < -0.4 is 10.6 Å². The molecule has 0 amide bonds. The third-order valence-electron chi connectivity index (χ3n) is 3.01. The molecule has 1 aromatic heterocycles. The van der Waals surface area contributed by atoms with Gasteiger partial charge in [0.2, 0.25) is 0 Å². The largest absolute Gasteiger partial charge is 0.396 e. The smallest absolute Gasteiger partial charge is 0.151 e. The van der Waals surface area contributed by atoms with Crippen molar-refractivity contribution in [1.82, 2.24) is 4.98 Å². The van der Waals surface area contributed by atoms with Gasteiger partial charge in [-0.2, -0.15) is 5.26 Å². The first-order chi connectivity index (χ1) is 10.2. The van der Waals surface area contributed by atoms with Gasteiger partial charge in [0.05, 0.1) is 5.56 Å². The maximum atomic E-state index is 9.30. The zero-order chi connectivity index (χ0) is 15.1. The van der Waals surface area contributed by atoms with Gasteiger partial charge in [0, 0.05) is 18.8 Å². The van der Waals surface area contributed by atoms with Gasteiger partial charge >= 0.3 is 0 Å². The number of aromatic nitrogens is 1. The molecule has 1 aromatic carbocycles. The highest BCUT2D eigenvalue weighted by Gasteiger charge is 2.10. The van der Waals surface area contributed by atoms with Gasteiger partial charge in [-0.05, 0) is 37.1 Å². The van der Waals surface area contributed by atoms with Crippen LogP contribution in [-0.2, 0) is 0 Å². The molecular weight excluding hydrogens is 264 g/mol. The summed E-state index contributed by atoms with van der Waals surface area (Å²) < 4.78 is 0. The molecule has 1 heterocycles. The van der Waals surface area contributed by atoms with Crippen LogP contribution >= 0.6 is 0 Å². The molecule has 108 valence electrons. The van der Waals surface area contributed by atoms with Crippen molar-refractivity contribution in [2.24, 2.45) is 0 Å². The van der Waals surface area contributed by atoms with Crippen LogP contribution in [0, 0.1) is 18.3 Å². The highest BCUT2D eigenvalue weighted by Crippen LogP contribution is 2.23. The van der Waals surface area contributed by atoms with Crippen molar-refractivity contribution >= 4 is 17.3 Å². The Morgan fingerprint density at radius 3 is 2.71 bits per heavy atom. The fourth-order valence-electron chi connectivity index (χ4n) is 1.95. The lowest BCUT2D eigenvalue weighted by molar-refractivity contribution is 0.292. The van der Waals surface area contributed by atoms with Crippen LogP contribution in [0.15, 0.2) is 36.4 Å². The van der Waals surface area contributed by atoms with Crippen LogP contribution in [0.1, 0.15) is 17.5 Å². The molecule has 3 N–H and O–H groups in total. The maximum absolute atomic E-state index is 9.30. The second kappa shape index (κ2) is 7.27. The molecule has 5 heteroatoms. The van der Waals surface area contributed by atoms with Crippen LogP contribution in [0.2, 0.25) is 0 Å². The fourth-order valence-corrected chi connectivity index (χ4v) is 1.95. The molecule has 21 heavy (non-hydrogen) atoms. The molecule has 0 saturated carbocycles. The number of nitrogens with zero attached hydrogens (tertiary/aromatic N) is 2. The number of aliphatic hydroxyl groups is 1. The Morgan fingerprint density at radius 1 is 1.29 bits per heavy atom. The van der Waals surface area contributed by atoms with Crippen molar-refractivity contribution in [2.75, 3.05) is 23.8 Å². The van der Waals surface area contributed by atoms with E-state index in [0.717, 1.165) is 11.3 Å². The normalized spacial score (nSPS) is 9.95. The third kappa shape index (κ3) is 3.94. The molecule has 0 saturated heterocycles. The summed E-state index contributed by atoms with van der Waals surface area (Å²) in [7, 11) is 0. The van der Waals surface area contributed by atoms with Gasteiger partial charge in [-0.15, -0.1) is 0 Å². The average molecular weight is 282 g/mol. The number of hydrogen-bond donors (Lipinski definition) is 3. The number of nitrogens with one attached hydrogen (secondary N) is 2. The lowest BCUT2D eigenvalue weighted by Gasteiger charge is -2.12. The van der Waals surface area contributed by atoms with Crippen molar-refractivity contribution in [3.05, 3.63) is 47.5 Å². The van der Waals surface area contributed by atoms with Crippen LogP contribution in [0.3, 0.4) is 0 Å².